The maximum absolute atomic E-state index is 5.50. The van der Waals surface area contributed by atoms with Crippen LogP contribution in [0, 0.1) is 6.92 Å². The monoisotopic (exact) mass is 288 g/mol. The minimum absolute atomic E-state index is 0.392. The first-order valence-corrected chi connectivity index (χ1v) is 8.06. The Morgan fingerprint density at radius 3 is 3.00 bits per heavy atom. The van der Waals surface area contributed by atoms with E-state index in [-0.39, 0.29) is 0 Å². The molecule has 0 aliphatic heterocycles. The van der Waals surface area contributed by atoms with E-state index in [0.717, 1.165) is 30.3 Å². The third-order valence-corrected chi connectivity index (χ3v) is 4.78. The van der Waals surface area contributed by atoms with Crippen LogP contribution in [0.4, 0.5) is 0 Å². The van der Waals surface area contributed by atoms with E-state index >= 15 is 0 Å². The quantitative estimate of drug-likeness (QED) is 0.909. The Labute approximate surface area is 124 Å². The number of nitrogens with one attached hydrogen (secondary N) is 1. The summed E-state index contributed by atoms with van der Waals surface area (Å²) in [6.07, 6.45) is 3.94. The number of nitrogens with zero attached hydrogens (tertiary/aromatic N) is 1. The van der Waals surface area contributed by atoms with Crippen LogP contribution in [-0.4, -0.2) is 16.8 Å². The molecule has 0 saturated carbocycles. The largest absolute Gasteiger partial charge is 0.440 e. The molecular formula is C16H20N2OS. The SMILES string of the molecule is CCCNC1c2ccccc2CC1Sc1nc(C)co1. The van der Waals surface area contributed by atoms with Gasteiger partial charge in [0.2, 0.25) is 0 Å². The fourth-order valence-corrected chi connectivity index (χ4v) is 3.93. The maximum Gasteiger partial charge on any atom is 0.256 e. The highest BCUT2D eigenvalue weighted by atomic mass is 32.2. The van der Waals surface area contributed by atoms with Gasteiger partial charge >= 0.3 is 0 Å². The van der Waals surface area contributed by atoms with Gasteiger partial charge in [0.1, 0.15) is 6.26 Å². The molecule has 3 nitrogen and oxygen atoms in total. The number of benzene rings is 1. The lowest BCUT2D eigenvalue weighted by molar-refractivity contribution is 0.449. The highest BCUT2D eigenvalue weighted by Gasteiger charge is 2.33. The normalized spacial score (nSPS) is 21.1. The highest BCUT2D eigenvalue weighted by molar-refractivity contribution is 7.99. The second-order valence-electron chi connectivity index (χ2n) is 5.25. The van der Waals surface area contributed by atoms with Crippen LogP contribution in [-0.2, 0) is 6.42 Å². The van der Waals surface area contributed by atoms with Crippen molar-refractivity contribution < 1.29 is 4.42 Å². The highest BCUT2D eigenvalue weighted by Crippen LogP contribution is 2.41. The number of aryl methyl sites for hydroxylation is 1. The van der Waals surface area contributed by atoms with Crippen molar-refractivity contribution in [3.63, 3.8) is 0 Å². The number of rotatable bonds is 5. The summed E-state index contributed by atoms with van der Waals surface area (Å²) in [5.74, 6) is 0. The number of oxazole rings is 1. The van der Waals surface area contributed by atoms with Crippen LogP contribution in [0.15, 0.2) is 40.2 Å². The molecule has 2 atom stereocenters. The third kappa shape index (κ3) is 2.76. The Morgan fingerprint density at radius 1 is 1.40 bits per heavy atom. The van der Waals surface area contributed by atoms with Crippen LogP contribution in [0.3, 0.4) is 0 Å². The Balaban J connectivity index is 1.79. The second kappa shape index (κ2) is 6.02. The topological polar surface area (TPSA) is 38.1 Å². The predicted octanol–water partition coefficient (Wildman–Crippen LogP) is 3.74. The van der Waals surface area contributed by atoms with Crippen molar-refractivity contribution in [3.8, 4) is 0 Å². The van der Waals surface area contributed by atoms with Crippen molar-refractivity contribution >= 4 is 11.8 Å². The summed E-state index contributed by atoms with van der Waals surface area (Å²) in [6, 6.07) is 9.12. The third-order valence-electron chi connectivity index (χ3n) is 3.65. The molecule has 0 bridgehead atoms. The summed E-state index contributed by atoms with van der Waals surface area (Å²) in [5.41, 5.74) is 3.82. The Hall–Kier alpha value is -1.26. The molecule has 0 fully saturated rings. The average Bonchev–Trinajstić information content (AvgIpc) is 3.00. The van der Waals surface area contributed by atoms with E-state index in [0.29, 0.717) is 11.3 Å². The van der Waals surface area contributed by atoms with Crippen LogP contribution in [0.1, 0.15) is 36.2 Å². The van der Waals surface area contributed by atoms with Crippen LogP contribution in [0.5, 0.6) is 0 Å². The fourth-order valence-electron chi connectivity index (χ4n) is 2.73. The zero-order chi connectivity index (χ0) is 13.9. The number of aromatic nitrogens is 1. The lowest BCUT2D eigenvalue weighted by Gasteiger charge is -2.20. The van der Waals surface area contributed by atoms with Gasteiger partial charge in [-0.3, -0.25) is 0 Å². The van der Waals surface area contributed by atoms with Crippen molar-refractivity contribution in [2.24, 2.45) is 0 Å². The zero-order valence-corrected chi connectivity index (χ0v) is 12.7. The molecule has 1 aromatic heterocycles. The molecular weight excluding hydrogens is 268 g/mol. The number of hydrogen-bond donors (Lipinski definition) is 1. The number of thioether (sulfide) groups is 1. The van der Waals surface area contributed by atoms with E-state index < -0.39 is 0 Å². The van der Waals surface area contributed by atoms with Crippen molar-refractivity contribution in [2.75, 3.05) is 6.54 Å². The molecule has 1 aliphatic carbocycles. The predicted molar refractivity (Wildman–Crippen MR) is 82.1 cm³/mol. The van der Waals surface area contributed by atoms with E-state index in [1.165, 1.54) is 11.1 Å². The summed E-state index contributed by atoms with van der Waals surface area (Å²) in [7, 11) is 0. The van der Waals surface area contributed by atoms with Crippen molar-refractivity contribution in [1.29, 1.82) is 0 Å². The second-order valence-corrected chi connectivity index (χ2v) is 6.44. The van der Waals surface area contributed by atoms with E-state index in [4.69, 9.17) is 4.42 Å². The Morgan fingerprint density at radius 2 is 2.25 bits per heavy atom. The number of hydrogen-bond acceptors (Lipinski definition) is 4. The lowest BCUT2D eigenvalue weighted by atomic mass is 10.1. The first-order chi connectivity index (χ1) is 9.78. The molecule has 3 rings (SSSR count). The van der Waals surface area contributed by atoms with Gasteiger partial charge in [-0.1, -0.05) is 43.0 Å². The molecule has 1 N–H and O–H groups in total. The molecule has 106 valence electrons. The van der Waals surface area contributed by atoms with Crippen LogP contribution < -0.4 is 5.32 Å². The summed E-state index contributed by atoms with van der Waals surface area (Å²) >= 11 is 1.75. The van der Waals surface area contributed by atoms with Gasteiger partial charge in [-0.2, -0.15) is 0 Å². The van der Waals surface area contributed by atoms with Crippen LogP contribution in [0.2, 0.25) is 0 Å². The molecule has 2 aromatic rings. The summed E-state index contributed by atoms with van der Waals surface area (Å²) < 4.78 is 5.50. The van der Waals surface area contributed by atoms with Crippen molar-refractivity contribution in [1.82, 2.24) is 10.3 Å². The molecule has 0 saturated heterocycles. The maximum atomic E-state index is 5.50. The van der Waals surface area contributed by atoms with E-state index in [1.54, 1.807) is 18.0 Å². The zero-order valence-electron chi connectivity index (χ0n) is 11.9. The Bertz CT molecular complexity index is 581. The molecule has 1 aliphatic rings. The molecule has 20 heavy (non-hydrogen) atoms. The van der Waals surface area contributed by atoms with Gasteiger partial charge in [0.05, 0.1) is 5.69 Å². The van der Waals surface area contributed by atoms with Crippen molar-refractivity contribution in [3.05, 3.63) is 47.3 Å². The summed E-state index contributed by atoms with van der Waals surface area (Å²) in [4.78, 5) is 4.42. The van der Waals surface area contributed by atoms with Gasteiger partial charge in [0, 0.05) is 11.3 Å². The van der Waals surface area contributed by atoms with Gasteiger partial charge in [-0.05, 0) is 37.4 Å². The molecule has 1 heterocycles. The van der Waals surface area contributed by atoms with Crippen LogP contribution >= 0.6 is 11.8 Å². The van der Waals surface area contributed by atoms with E-state index in [1.807, 2.05) is 6.92 Å². The van der Waals surface area contributed by atoms with Gasteiger partial charge < -0.3 is 9.73 Å². The fraction of sp³-hybridized carbons (Fsp3) is 0.438. The first-order valence-electron chi connectivity index (χ1n) is 7.18. The molecule has 0 amide bonds. The molecule has 1 aromatic carbocycles. The number of fused-ring (bicyclic) bond motifs is 1. The van der Waals surface area contributed by atoms with Crippen molar-refractivity contribution in [2.45, 2.75) is 43.2 Å². The van der Waals surface area contributed by atoms with E-state index in [9.17, 15) is 0 Å². The smallest absolute Gasteiger partial charge is 0.256 e. The van der Waals surface area contributed by atoms with Gasteiger partial charge in [-0.25, -0.2) is 4.98 Å². The van der Waals surface area contributed by atoms with Crippen LogP contribution in [0.25, 0.3) is 0 Å². The molecule has 4 heteroatoms. The molecule has 0 radical (unpaired) electrons. The average molecular weight is 288 g/mol. The standard InChI is InChI=1S/C16H20N2OS/c1-3-8-17-15-13-7-5-4-6-12(13)9-14(15)20-16-18-11(2)10-19-16/h4-7,10,14-15,17H,3,8-9H2,1-2H3. The molecule has 2 unspecified atom stereocenters. The molecule has 0 spiro atoms. The minimum Gasteiger partial charge on any atom is -0.440 e. The van der Waals surface area contributed by atoms with Gasteiger partial charge in [0.25, 0.3) is 5.22 Å². The first kappa shape index (κ1) is 13.7. The van der Waals surface area contributed by atoms with E-state index in [2.05, 4.69) is 41.5 Å². The van der Waals surface area contributed by atoms with Gasteiger partial charge in [0.15, 0.2) is 0 Å². The van der Waals surface area contributed by atoms with Gasteiger partial charge in [-0.15, -0.1) is 0 Å². The Kier molecular flexibility index (Phi) is 4.13. The lowest BCUT2D eigenvalue weighted by Crippen LogP contribution is -2.27. The summed E-state index contributed by atoms with van der Waals surface area (Å²) in [5, 5.41) is 4.91. The summed E-state index contributed by atoms with van der Waals surface area (Å²) in [6.45, 7) is 5.21. The minimum atomic E-state index is 0.392.